The Balaban J connectivity index is 1.85. The Labute approximate surface area is 202 Å². The number of ether oxygens (including phenoxy) is 3. The summed E-state index contributed by atoms with van der Waals surface area (Å²) in [7, 11) is 4.60. The zero-order valence-corrected chi connectivity index (χ0v) is 20.0. The molecular formula is C24H28N6O5. The number of allylic oxidation sites excluding steroid dienone is 1. The second kappa shape index (κ2) is 10.4. The zero-order chi connectivity index (χ0) is 24.9. The maximum absolute atomic E-state index is 13.6. The molecule has 35 heavy (non-hydrogen) atoms. The minimum atomic E-state index is -0.646. The number of hydrogen-bond acceptors (Lipinski definition) is 9. The lowest BCUT2D eigenvalue weighted by Crippen LogP contribution is -2.31. The van der Waals surface area contributed by atoms with Crippen LogP contribution in [0, 0.1) is 0 Å². The fraction of sp³-hybridized carbons (Fsp3) is 0.333. The minimum Gasteiger partial charge on any atom is -0.493 e. The number of aliphatic hydroxyl groups is 1. The molecule has 3 heterocycles. The van der Waals surface area contributed by atoms with Gasteiger partial charge in [0, 0.05) is 24.9 Å². The van der Waals surface area contributed by atoms with E-state index in [0.717, 1.165) is 0 Å². The Kier molecular flexibility index (Phi) is 7.16. The molecule has 0 unspecified atom stereocenters. The van der Waals surface area contributed by atoms with Crippen LogP contribution in [0.4, 0.5) is 11.6 Å². The van der Waals surface area contributed by atoms with E-state index in [4.69, 9.17) is 14.2 Å². The molecule has 3 N–H and O–H groups in total. The zero-order valence-electron chi connectivity index (χ0n) is 20.0. The Hall–Kier alpha value is -4.12. The number of anilines is 2. The number of nitrogens with one attached hydrogen (secondary N) is 2. The van der Waals surface area contributed by atoms with Gasteiger partial charge in [-0.3, -0.25) is 9.78 Å². The van der Waals surface area contributed by atoms with Crippen molar-refractivity contribution < 1.29 is 24.1 Å². The maximum atomic E-state index is 13.6. The van der Waals surface area contributed by atoms with Gasteiger partial charge in [0.1, 0.15) is 6.04 Å². The Morgan fingerprint density at radius 2 is 1.94 bits per heavy atom. The molecule has 1 amide bonds. The van der Waals surface area contributed by atoms with Crippen LogP contribution in [0.15, 0.2) is 47.9 Å². The van der Waals surface area contributed by atoms with Gasteiger partial charge in [0.25, 0.3) is 5.91 Å². The second-order valence-electron chi connectivity index (χ2n) is 7.84. The molecule has 0 fully saturated rings. The van der Waals surface area contributed by atoms with Crippen LogP contribution in [0.3, 0.4) is 0 Å². The number of amides is 1. The van der Waals surface area contributed by atoms with Crippen LogP contribution in [0.25, 0.3) is 0 Å². The Morgan fingerprint density at radius 1 is 1.20 bits per heavy atom. The van der Waals surface area contributed by atoms with E-state index < -0.39 is 6.04 Å². The normalized spacial score (nSPS) is 14.7. The highest BCUT2D eigenvalue weighted by atomic mass is 16.5. The maximum Gasteiger partial charge on any atom is 0.255 e. The van der Waals surface area contributed by atoms with Crippen molar-refractivity contribution in [3.05, 3.63) is 59.3 Å². The smallest absolute Gasteiger partial charge is 0.255 e. The summed E-state index contributed by atoms with van der Waals surface area (Å²) in [6, 6.07) is 6.45. The Bertz CT molecular complexity index is 1220. The number of carbonyl (C=O) groups excluding carboxylic acids is 1. The Morgan fingerprint density at radius 3 is 2.54 bits per heavy atom. The van der Waals surface area contributed by atoms with Gasteiger partial charge in [-0.1, -0.05) is 0 Å². The van der Waals surface area contributed by atoms with Gasteiger partial charge in [0.15, 0.2) is 17.3 Å². The molecule has 1 aliphatic heterocycles. The molecule has 4 rings (SSSR count). The number of methoxy groups -OCH3 is 3. The number of hydrogen-bond donors (Lipinski definition) is 3. The van der Waals surface area contributed by atoms with Gasteiger partial charge in [-0.15, -0.1) is 0 Å². The van der Waals surface area contributed by atoms with Gasteiger partial charge < -0.3 is 30.0 Å². The van der Waals surface area contributed by atoms with Crippen molar-refractivity contribution in [3.63, 3.8) is 0 Å². The minimum absolute atomic E-state index is 0.0314. The summed E-state index contributed by atoms with van der Waals surface area (Å²) < 4.78 is 18.3. The molecule has 1 aromatic carbocycles. The van der Waals surface area contributed by atoms with Crippen molar-refractivity contribution in [2.75, 3.05) is 38.6 Å². The van der Waals surface area contributed by atoms with Crippen LogP contribution < -0.4 is 24.8 Å². The molecule has 0 bridgehead atoms. The molecule has 0 saturated heterocycles. The topological polar surface area (TPSA) is 133 Å². The van der Waals surface area contributed by atoms with E-state index in [2.05, 4.69) is 25.7 Å². The number of carbonyl (C=O) groups is 1. The van der Waals surface area contributed by atoms with Gasteiger partial charge in [-0.2, -0.15) is 10.1 Å². The summed E-state index contributed by atoms with van der Waals surface area (Å²) in [4.78, 5) is 22.2. The first-order chi connectivity index (χ1) is 17.0. The largest absolute Gasteiger partial charge is 0.493 e. The van der Waals surface area contributed by atoms with E-state index >= 15 is 0 Å². The van der Waals surface area contributed by atoms with Crippen LogP contribution in [-0.4, -0.2) is 58.7 Å². The first kappa shape index (κ1) is 24.0. The van der Waals surface area contributed by atoms with E-state index in [1.165, 1.54) is 21.3 Å². The average molecular weight is 481 g/mol. The number of pyridine rings is 1. The summed E-state index contributed by atoms with van der Waals surface area (Å²) in [6.07, 6.45) is 4.23. The number of fused-ring (bicyclic) bond motifs is 1. The summed E-state index contributed by atoms with van der Waals surface area (Å²) in [5, 5.41) is 20.0. The van der Waals surface area contributed by atoms with Gasteiger partial charge in [-0.05, 0) is 43.2 Å². The molecular weight excluding hydrogens is 452 g/mol. The van der Waals surface area contributed by atoms with Crippen molar-refractivity contribution >= 4 is 17.5 Å². The first-order valence-electron chi connectivity index (χ1n) is 11.1. The van der Waals surface area contributed by atoms with Crippen LogP contribution in [-0.2, 0) is 11.2 Å². The van der Waals surface area contributed by atoms with Crippen molar-refractivity contribution in [1.29, 1.82) is 0 Å². The third-order valence-electron chi connectivity index (χ3n) is 5.62. The number of benzene rings is 1. The van der Waals surface area contributed by atoms with E-state index in [0.29, 0.717) is 64.4 Å². The fourth-order valence-electron chi connectivity index (χ4n) is 4.03. The van der Waals surface area contributed by atoms with E-state index in [-0.39, 0.29) is 12.5 Å². The molecule has 11 heteroatoms. The molecule has 3 aromatic rings. The number of aliphatic hydroxyl groups excluding tert-OH is 1. The van der Waals surface area contributed by atoms with E-state index in [1.807, 2.05) is 6.92 Å². The number of aryl methyl sites for hydroxylation is 1. The molecule has 0 spiro atoms. The number of rotatable bonds is 9. The predicted molar refractivity (Wildman–Crippen MR) is 129 cm³/mol. The highest BCUT2D eigenvalue weighted by molar-refractivity contribution is 6.06. The van der Waals surface area contributed by atoms with Crippen LogP contribution in [0.2, 0.25) is 0 Å². The van der Waals surface area contributed by atoms with Gasteiger partial charge in [-0.25, -0.2) is 4.68 Å². The lowest BCUT2D eigenvalue weighted by molar-refractivity contribution is -0.113. The third kappa shape index (κ3) is 4.76. The van der Waals surface area contributed by atoms with Gasteiger partial charge in [0.2, 0.25) is 11.7 Å². The quantitative estimate of drug-likeness (QED) is 0.423. The van der Waals surface area contributed by atoms with Gasteiger partial charge in [0.05, 0.1) is 38.8 Å². The average Bonchev–Trinajstić information content (AvgIpc) is 3.28. The monoisotopic (exact) mass is 480 g/mol. The summed E-state index contributed by atoms with van der Waals surface area (Å²) in [5.41, 5.74) is 2.32. The van der Waals surface area contributed by atoms with Crippen molar-refractivity contribution in [1.82, 2.24) is 19.7 Å². The van der Waals surface area contributed by atoms with Crippen LogP contribution >= 0.6 is 0 Å². The molecule has 1 aliphatic rings. The molecule has 0 saturated carbocycles. The molecule has 184 valence electrons. The highest BCUT2D eigenvalue weighted by Crippen LogP contribution is 2.44. The number of aromatic nitrogens is 4. The fourth-order valence-corrected chi connectivity index (χ4v) is 4.03. The van der Waals surface area contributed by atoms with Crippen molar-refractivity contribution in [2.24, 2.45) is 0 Å². The van der Waals surface area contributed by atoms with Crippen LogP contribution in [0.5, 0.6) is 17.2 Å². The first-order valence-corrected chi connectivity index (χ1v) is 11.1. The van der Waals surface area contributed by atoms with Gasteiger partial charge >= 0.3 is 0 Å². The molecule has 0 radical (unpaired) electrons. The molecule has 0 aliphatic carbocycles. The standard InChI is InChI=1S/C24H28N6O5/c1-14-20(23(32)27-16-7-5-9-25-13-16)21(30-24(26-14)28-19(29-30)8-6-10-31)15-11-17(33-2)22(35-4)18(12-15)34-3/h5,7,9,11-13,21,31H,6,8,10H2,1-4H3,(H,27,32)(H,26,28,29)/t21-/m1/s1. The summed E-state index contributed by atoms with van der Waals surface area (Å²) >= 11 is 0. The third-order valence-corrected chi connectivity index (χ3v) is 5.62. The van der Waals surface area contributed by atoms with Crippen LogP contribution in [0.1, 0.15) is 30.8 Å². The van der Waals surface area contributed by atoms with E-state index in [9.17, 15) is 9.90 Å². The molecule has 11 nitrogen and oxygen atoms in total. The van der Waals surface area contributed by atoms with E-state index in [1.54, 1.807) is 41.3 Å². The SMILES string of the molecule is COc1cc([C@@H]2C(C(=O)Nc3cccnc3)=C(C)Nc3nc(CCCO)nn32)cc(OC)c1OC. The number of nitrogens with zero attached hydrogens (tertiary/aromatic N) is 4. The summed E-state index contributed by atoms with van der Waals surface area (Å²) in [5.74, 6) is 2.07. The molecule has 2 aromatic heterocycles. The lowest BCUT2D eigenvalue weighted by Gasteiger charge is -2.29. The second-order valence-corrected chi connectivity index (χ2v) is 7.84. The van der Waals surface area contributed by atoms with Crippen molar-refractivity contribution in [2.45, 2.75) is 25.8 Å². The summed E-state index contributed by atoms with van der Waals surface area (Å²) in [6.45, 7) is 1.85. The predicted octanol–water partition coefficient (Wildman–Crippen LogP) is 2.55. The highest BCUT2D eigenvalue weighted by Gasteiger charge is 2.35. The molecule has 1 atom stereocenters. The lowest BCUT2D eigenvalue weighted by atomic mass is 9.94. The van der Waals surface area contributed by atoms with Crippen molar-refractivity contribution in [3.8, 4) is 17.2 Å².